The van der Waals surface area contributed by atoms with Crippen molar-refractivity contribution in [2.45, 2.75) is 32.4 Å². The molecule has 10 heteroatoms. The highest BCUT2D eigenvalue weighted by Gasteiger charge is 2.28. The number of carbonyl (C=O) groups is 3. The summed E-state index contributed by atoms with van der Waals surface area (Å²) in [6, 6.07) is 19.5. The highest BCUT2D eigenvalue weighted by Crippen LogP contribution is 2.29. The average molecular weight is 568 g/mol. The van der Waals surface area contributed by atoms with Crippen molar-refractivity contribution in [1.82, 2.24) is 15.2 Å². The number of anilines is 2. The number of benzene rings is 3. The summed E-state index contributed by atoms with van der Waals surface area (Å²) >= 11 is 0. The van der Waals surface area contributed by atoms with E-state index in [9.17, 15) is 19.2 Å². The van der Waals surface area contributed by atoms with Crippen LogP contribution in [0.2, 0.25) is 0 Å². The lowest BCUT2D eigenvalue weighted by molar-refractivity contribution is -0.133. The van der Waals surface area contributed by atoms with Crippen LogP contribution in [0.4, 0.5) is 16.2 Å². The topological polar surface area (TPSA) is 133 Å². The minimum atomic E-state index is -0.795. The molecule has 3 heterocycles. The van der Waals surface area contributed by atoms with Gasteiger partial charge in [0.2, 0.25) is 12.3 Å². The number of aryl methyl sites for hydroxylation is 1. The highest BCUT2D eigenvalue weighted by atomic mass is 16.5. The molecule has 2 aliphatic rings. The molecule has 6 rings (SSSR count). The van der Waals surface area contributed by atoms with Gasteiger partial charge in [-0.1, -0.05) is 43.3 Å². The molecule has 2 atom stereocenters. The number of aromatic nitrogens is 1. The maximum Gasteiger partial charge on any atom is 0.411 e. The number of nitrogens with zero attached hydrogens (tertiary/aromatic N) is 1. The molecule has 1 aromatic heterocycles. The summed E-state index contributed by atoms with van der Waals surface area (Å²) in [6.07, 6.45) is 1.65. The molecule has 0 unspecified atom stereocenters. The van der Waals surface area contributed by atoms with Gasteiger partial charge in [-0.3, -0.25) is 19.7 Å². The van der Waals surface area contributed by atoms with Crippen molar-refractivity contribution in [3.8, 4) is 0 Å². The average Bonchev–Trinajstić information content (AvgIpc) is 2.98. The van der Waals surface area contributed by atoms with Crippen LogP contribution in [0.3, 0.4) is 0 Å². The number of hydrogen-bond acceptors (Lipinski definition) is 6. The number of H-pyrrole nitrogens is 1. The van der Waals surface area contributed by atoms with E-state index < -0.39 is 12.1 Å². The Hall–Kier alpha value is -5.12. The summed E-state index contributed by atoms with van der Waals surface area (Å²) in [5, 5.41) is 10.1. The fourth-order valence-electron chi connectivity index (χ4n) is 5.28. The standard InChI is InChI=1S/C32H33N5O5/c1-20-14-24-7-9-27(20)21(2)18-42-32(41)36-25-5-3-4-22(15-25)17-37(13-12-33-19-38)31(40)29(24)35-26-8-6-23-10-11-34-30(39)28(23)16-26/h3-11,14-16,19,21,29,35H,12-13,17-18H2,1-2H3,(H,33,38)(H,34,39)(H,36,41)/t21-,29+/m0/s1. The second-order valence-corrected chi connectivity index (χ2v) is 10.5. The summed E-state index contributed by atoms with van der Waals surface area (Å²) in [5.74, 6) is -0.292. The van der Waals surface area contributed by atoms with Crippen molar-refractivity contribution in [3.63, 3.8) is 0 Å². The maximum atomic E-state index is 14.4. The summed E-state index contributed by atoms with van der Waals surface area (Å²) in [6.45, 7) is 4.87. The Bertz CT molecular complexity index is 1680. The lowest BCUT2D eigenvalue weighted by Gasteiger charge is -2.30. The van der Waals surface area contributed by atoms with Crippen molar-refractivity contribution < 1.29 is 19.1 Å². The van der Waals surface area contributed by atoms with E-state index in [4.69, 9.17) is 4.74 Å². The van der Waals surface area contributed by atoms with Crippen molar-refractivity contribution in [2.24, 2.45) is 0 Å². The third kappa shape index (κ3) is 6.43. The first-order valence-electron chi connectivity index (χ1n) is 13.8. The monoisotopic (exact) mass is 567 g/mol. The molecule has 0 fully saturated rings. The Morgan fingerprint density at radius 3 is 2.71 bits per heavy atom. The van der Waals surface area contributed by atoms with Crippen LogP contribution in [-0.4, -0.2) is 48.0 Å². The van der Waals surface area contributed by atoms with E-state index in [0.717, 1.165) is 27.6 Å². The Morgan fingerprint density at radius 1 is 1.05 bits per heavy atom. The molecule has 3 aromatic carbocycles. The first kappa shape index (κ1) is 28.4. The molecule has 0 saturated carbocycles. The zero-order valence-electron chi connectivity index (χ0n) is 23.5. The summed E-state index contributed by atoms with van der Waals surface area (Å²) in [4.78, 5) is 54.8. The Kier molecular flexibility index (Phi) is 8.52. The predicted octanol–water partition coefficient (Wildman–Crippen LogP) is 4.43. The van der Waals surface area contributed by atoms with Gasteiger partial charge in [0.05, 0.1) is 6.61 Å². The molecule has 42 heavy (non-hydrogen) atoms. The number of hydrogen-bond donors (Lipinski definition) is 4. The fourth-order valence-corrected chi connectivity index (χ4v) is 5.28. The van der Waals surface area contributed by atoms with Crippen LogP contribution in [0.25, 0.3) is 10.8 Å². The van der Waals surface area contributed by atoms with Crippen LogP contribution in [0.5, 0.6) is 0 Å². The fraction of sp³-hybridized carbons (Fsp3) is 0.250. The number of aromatic amines is 1. The predicted molar refractivity (Wildman–Crippen MR) is 161 cm³/mol. The molecule has 3 amide bonds. The van der Waals surface area contributed by atoms with Gasteiger partial charge in [0, 0.05) is 48.5 Å². The third-order valence-electron chi connectivity index (χ3n) is 7.42. The van der Waals surface area contributed by atoms with Gasteiger partial charge in [-0.05, 0) is 64.9 Å². The third-order valence-corrected chi connectivity index (χ3v) is 7.42. The molecule has 4 aromatic rings. The Balaban J connectivity index is 1.59. The Labute approximate surface area is 243 Å². The molecule has 0 radical (unpaired) electrons. The number of amides is 3. The molecule has 2 aliphatic heterocycles. The largest absolute Gasteiger partial charge is 0.449 e. The normalized spacial score (nSPS) is 17.4. The smallest absolute Gasteiger partial charge is 0.411 e. The van der Waals surface area contributed by atoms with Gasteiger partial charge >= 0.3 is 6.09 Å². The summed E-state index contributed by atoms with van der Waals surface area (Å²) < 4.78 is 5.51. The van der Waals surface area contributed by atoms with E-state index in [1.807, 2.05) is 56.3 Å². The quantitative estimate of drug-likeness (QED) is 0.201. The van der Waals surface area contributed by atoms with Gasteiger partial charge in [-0.25, -0.2) is 4.79 Å². The molecule has 216 valence electrons. The van der Waals surface area contributed by atoms with E-state index in [-0.39, 0.29) is 43.6 Å². The van der Waals surface area contributed by atoms with Gasteiger partial charge in [-0.2, -0.15) is 0 Å². The molecule has 0 aliphatic carbocycles. The molecule has 10 nitrogen and oxygen atoms in total. The lowest BCUT2D eigenvalue weighted by Crippen LogP contribution is -2.41. The summed E-state index contributed by atoms with van der Waals surface area (Å²) in [5.41, 5.74) is 4.42. The minimum Gasteiger partial charge on any atom is -0.449 e. The second-order valence-electron chi connectivity index (χ2n) is 10.5. The van der Waals surface area contributed by atoms with E-state index >= 15 is 0 Å². The van der Waals surface area contributed by atoms with Crippen molar-refractivity contribution >= 4 is 40.6 Å². The lowest BCUT2D eigenvalue weighted by atomic mass is 9.92. The number of rotatable bonds is 6. The van der Waals surface area contributed by atoms with E-state index in [2.05, 4.69) is 20.9 Å². The number of nitrogens with one attached hydrogen (secondary N) is 4. The van der Waals surface area contributed by atoms with Crippen LogP contribution < -0.4 is 21.5 Å². The number of ether oxygens (including phenoxy) is 1. The zero-order valence-corrected chi connectivity index (χ0v) is 23.5. The van der Waals surface area contributed by atoms with Gasteiger partial charge in [0.15, 0.2) is 0 Å². The second kappa shape index (κ2) is 12.6. The number of carbonyl (C=O) groups excluding carboxylic acids is 3. The molecule has 0 saturated heterocycles. The van der Waals surface area contributed by atoms with Crippen LogP contribution in [-0.2, 0) is 20.9 Å². The first-order chi connectivity index (χ1) is 20.3. The van der Waals surface area contributed by atoms with Crippen LogP contribution in [0.15, 0.2) is 77.7 Å². The zero-order chi connectivity index (χ0) is 29.6. The van der Waals surface area contributed by atoms with Crippen molar-refractivity contribution in [1.29, 1.82) is 0 Å². The van der Waals surface area contributed by atoms with E-state index in [1.54, 1.807) is 35.4 Å². The first-order valence-corrected chi connectivity index (χ1v) is 13.8. The molecular formula is C32H33N5O5. The maximum absolute atomic E-state index is 14.4. The number of pyridine rings is 1. The van der Waals surface area contributed by atoms with Crippen molar-refractivity contribution in [3.05, 3.63) is 106 Å². The van der Waals surface area contributed by atoms with Crippen molar-refractivity contribution in [2.75, 3.05) is 30.3 Å². The molecule has 4 N–H and O–H groups in total. The number of fused-ring (bicyclic) bond motifs is 10. The summed E-state index contributed by atoms with van der Waals surface area (Å²) in [7, 11) is 0. The van der Waals surface area contributed by atoms with Gasteiger partial charge in [-0.15, -0.1) is 0 Å². The molecular weight excluding hydrogens is 534 g/mol. The van der Waals surface area contributed by atoms with E-state index in [1.165, 1.54) is 0 Å². The molecule has 0 spiro atoms. The minimum absolute atomic E-state index is 0.0794. The van der Waals surface area contributed by atoms with E-state index in [0.29, 0.717) is 23.2 Å². The van der Waals surface area contributed by atoms with Crippen LogP contribution >= 0.6 is 0 Å². The van der Waals surface area contributed by atoms with Gasteiger partial charge in [0.25, 0.3) is 5.56 Å². The highest BCUT2D eigenvalue weighted by molar-refractivity contribution is 5.89. The van der Waals surface area contributed by atoms with Crippen LogP contribution in [0.1, 0.15) is 41.1 Å². The molecule has 4 bridgehead atoms. The van der Waals surface area contributed by atoms with Gasteiger partial charge < -0.3 is 25.3 Å². The SMILES string of the molecule is Cc1cc2ccc1[C@@H](C)COC(=O)Nc1cccc(c1)CN(CCNC=O)C(=O)[C@@H]2Nc1ccc2cc[nH]c(=O)c2c1. The van der Waals surface area contributed by atoms with Crippen LogP contribution in [0, 0.1) is 6.92 Å². The Morgan fingerprint density at radius 2 is 1.90 bits per heavy atom. The van der Waals surface area contributed by atoms with Gasteiger partial charge in [0.1, 0.15) is 6.04 Å².